The maximum atomic E-state index is 10.3. The normalized spacial score (nSPS) is 12.5. The van der Waals surface area contributed by atoms with Crippen molar-refractivity contribution in [1.82, 2.24) is 4.98 Å². The molecule has 1 atom stereocenters. The smallest absolute Gasteiger partial charge is 0.338 e. The third kappa shape index (κ3) is 1.72. The average Bonchev–Trinajstić information content (AvgIpc) is 2.04. The summed E-state index contributed by atoms with van der Waals surface area (Å²) in [5.74, 6) is -1.37. The van der Waals surface area contributed by atoms with E-state index in [0.29, 0.717) is 0 Å². The molecule has 0 saturated heterocycles. The molecular formula is C7H6ClNO3. The van der Waals surface area contributed by atoms with Crippen LogP contribution in [-0.4, -0.2) is 21.2 Å². The van der Waals surface area contributed by atoms with Gasteiger partial charge in [0, 0.05) is 6.20 Å². The van der Waals surface area contributed by atoms with Gasteiger partial charge in [0.05, 0.1) is 10.7 Å². The number of aliphatic carboxylic acids is 1. The fourth-order valence-corrected chi connectivity index (χ4v) is 0.941. The molecule has 12 heavy (non-hydrogen) atoms. The van der Waals surface area contributed by atoms with Crippen LogP contribution < -0.4 is 0 Å². The van der Waals surface area contributed by atoms with E-state index in [1.807, 2.05) is 0 Å². The van der Waals surface area contributed by atoms with Gasteiger partial charge in [-0.2, -0.15) is 0 Å². The minimum atomic E-state index is -1.65. The number of hydrogen-bond acceptors (Lipinski definition) is 3. The summed E-state index contributed by atoms with van der Waals surface area (Å²) in [4.78, 5) is 13.9. The summed E-state index contributed by atoms with van der Waals surface area (Å²) >= 11 is 5.58. The third-order valence-electron chi connectivity index (χ3n) is 1.28. The number of carboxylic acids is 1. The van der Waals surface area contributed by atoms with Crippen molar-refractivity contribution in [3.63, 3.8) is 0 Å². The Balaban J connectivity index is 3.02. The fourth-order valence-electron chi connectivity index (χ4n) is 0.716. The van der Waals surface area contributed by atoms with Crippen molar-refractivity contribution in [1.29, 1.82) is 0 Å². The highest BCUT2D eigenvalue weighted by Crippen LogP contribution is 2.19. The molecule has 0 fully saturated rings. The van der Waals surface area contributed by atoms with Crippen LogP contribution >= 0.6 is 11.6 Å². The number of aromatic nitrogens is 1. The number of aliphatic hydroxyl groups excluding tert-OH is 1. The highest BCUT2D eigenvalue weighted by Gasteiger charge is 2.19. The van der Waals surface area contributed by atoms with Gasteiger partial charge >= 0.3 is 5.97 Å². The number of pyridine rings is 1. The third-order valence-corrected chi connectivity index (χ3v) is 1.60. The van der Waals surface area contributed by atoms with E-state index in [2.05, 4.69) is 4.98 Å². The van der Waals surface area contributed by atoms with Gasteiger partial charge in [0.2, 0.25) is 0 Å². The van der Waals surface area contributed by atoms with Gasteiger partial charge in [-0.25, -0.2) is 4.79 Å². The van der Waals surface area contributed by atoms with Crippen LogP contribution in [0.4, 0.5) is 0 Å². The topological polar surface area (TPSA) is 70.4 Å². The zero-order chi connectivity index (χ0) is 9.14. The Morgan fingerprint density at radius 2 is 2.33 bits per heavy atom. The monoisotopic (exact) mass is 187 g/mol. The summed E-state index contributed by atoms with van der Waals surface area (Å²) in [7, 11) is 0. The molecule has 5 heteroatoms. The van der Waals surface area contributed by atoms with E-state index in [-0.39, 0.29) is 10.7 Å². The first kappa shape index (κ1) is 8.96. The number of rotatable bonds is 2. The molecule has 1 heterocycles. The number of halogens is 1. The van der Waals surface area contributed by atoms with Gasteiger partial charge in [0.15, 0.2) is 6.10 Å². The Kier molecular flexibility index (Phi) is 2.62. The largest absolute Gasteiger partial charge is 0.479 e. The summed E-state index contributed by atoms with van der Waals surface area (Å²) in [6, 6.07) is 3.02. The lowest BCUT2D eigenvalue weighted by atomic mass is 10.2. The molecule has 4 nitrogen and oxygen atoms in total. The molecule has 0 saturated carbocycles. The van der Waals surface area contributed by atoms with Gasteiger partial charge in [-0.3, -0.25) is 4.98 Å². The number of hydrogen-bond donors (Lipinski definition) is 2. The molecule has 0 spiro atoms. The van der Waals surface area contributed by atoms with E-state index in [4.69, 9.17) is 21.8 Å². The first-order valence-corrected chi connectivity index (χ1v) is 3.52. The quantitative estimate of drug-likeness (QED) is 0.720. The van der Waals surface area contributed by atoms with Crippen LogP contribution in [0.25, 0.3) is 0 Å². The highest BCUT2D eigenvalue weighted by molar-refractivity contribution is 6.31. The van der Waals surface area contributed by atoms with Crippen LogP contribution in [0, 0.1) is 0 Å². The molecule has 2 N–H and O–H groups in total. The van der Waals surface area contributed by atoms with Gasteiger partial charge in [-0.05, 0) is 12.1 Å². The molecular weight excluding hydrogens is 182 g/mol. The minimum absolute atomic E-state index is 0.0355. The summed E-state index contributed by atoms with van der Waals surface area (Å²) in [6.45, 7) is 0. The zero-order valence-corrected chi connectivity index (χ0v) is 6.69. The van der Waals surface area contributed by atoms with E-state index >= 15 is 0 Å². The maximum Gasteiger partial charge on any atom is 0.338 e. The van der Waals surface area contributed by atoms with Crippen LogP contribution in [0.5, 0.6) is 0 Å². The van der Waals surface area contributed by atoms with Crippen molar-refractivity contribution in [3.05, 3.63) is 29.0 Å². The van der Waals surface area contributed by atoms with E-state index < -0.39 is 12.1 Å². The van der Waals surface area contributed by atoms with Gasteiger partial charge < -0.3 is 10.2 Å². The summed E-state index contributed by atoms with van der Waals surface area (Å²) in [5.41, 5.74) is -0.0355. The molecule has 1 rings (SSSR count). The molecule has 1 aromatic heterocycles. The zero-order valence-electron chi connectivity index (χ0n) is 5.94. The first-order valence-electron chi connectivity index (χ1n) is 3.14. The van der Waals surface area contributed by atoms with Gasteiger partial charge in [0.1, 0.15) is 0 Å². The predicted octanol–water partition coefficient (Wildman–Crippen LogP) is 0.853. The fraction of sp³-hybridized carbons (Fsp3) is 0.143. The van der Waals surface area contributed by atoms with Gasteiger partial charge in [-0.15, -0.1) is 0 Å². The molecule has 0 bridgehead atoms. The maximum absolute atomic E-state index is 10.3. The molecule has 1 unspecified atom stereocenters. The molecule has 0 aliphatic heterocycles. The molecule has 1 aromatic rings. The van der Waals surface area contributed by atoms with Crippen molar-refractivity contribution < 1.29 is 15.0 Å². The molecule has 64 valence electrons. The number of nitrogens with zero attached hydrogens (tertiary/aromatic N) is 1. The van der Waals surface area contributed by atoms with Crippen molar-refractivity contribution >= 4 is 17.6 Å². The average molecular weight is 188 g/mol. The van der Waals surface area contributed by atoms with Crippen molar-refractivity contribution in [2.75, 3.05) is 0 Å². The van der Waals surface area contributed by atoms with Crippen LogP contribution in [0.2, 0.25) is 5.02 Å². The van der Waals surface area contributed by atoms with Crippen molar-refractivity contribution in [2.24, 2.45) is 0 Å². The SMILES string of the molecule is O=C(O)C(O)c1ncccc1Cl. The molecule has 0 aliphatic rings. The number of carbonyl (C=O) groups is 1. The van der Waals surface area contributed by atoms with E-state index in [1.54, 1.807) is 6.07 Å². The van der Waals surface area contributed by atoms with E-state index in [0.717, 1.165) is 0 Å². The minimum Gasteiger partial charge on any atom is -0.479 e. The van der Waals surface area contributed by atoms with Crippen LogP contribution in [0.1, 0.15) is 11.8 Å². The van der Waals surface area contributed by atoms with Crippen LogP contribution in [0.3, 0.4) is 0 Å². The number of aliphatic hydroxyl groups is 1. The van der Waals surface area contributed by atoms with Gasteiger partial charge in [-0.1, -0.05) is 11.6 Å². The summed E-state index contributed by atoms with van der Waals surface area (Å²) in [6.07, 6.45) is -0.286. The Morgan fingerprint density at radius 3 is 2.83 bits per heavy atom. The van der Waals surface area contributed by atoms with Crippen molar-refractivity contribution in [3.8, 4) is 0 Å². The lowest BCUT2D eigenvalue weighted by Crippen LogP contribution is -2.12. The second kappa shape index (κ2) is 3.51. The highest BCUT2D eigenvalue weighted by atomic mass is 35.5. The Bertz CT molecular complexity index is 302. The predicted molar refractivity (Wildman–Crippen MR) is 41.8 cm³/mol. The van der Waals surface area contributed by atoms with E-state index in [1.165, 1.54) is 12.3 Å². The lowest BCUT2D eigenvalue weighted by molar-refractivity contribution is -0.147. The van der Waals surface area contributed by atoms with Gasteiger partial charge in [0.25, 0.3) is 0 Å². The van der Waals surface area contributed by atoms with Crippen molar-refractivity contribution in [2.45, 2.75) is 6.10 Å². The standard InChI is InChI=1S/C7H6ClNO3/c8-4-2-1-3-9-5(4)6(10)7(11)12/h1-3,6,10H,(H,11,12). The van der Waals surface area contributed by atoms with E-state index in [9.17, 15) is 4.79 Å². The van der Waals surface area contributed by atoms with Crippen LogP contribution in [0.15, 0.2) is 18.3 Å². The van der Waals surface area contributed by atoms with Crippen LogP contribution in [-0.2, 0) is 4.79 Å². The molecule has 0 amide bonds. The summed E-state index contributed by atoms with van der Waals surface area (Å²) < 4.78 is 0. The Hall–Kier alpha value is -1.13. The molecule has 0 aromatic carbocycles. The lowest BCUT2D eigenvalue weighted by Gasteiger charge is -2.05. The molecule has 0 aliphatic carbocycles. The first-order chi connectivity index (χ1) is 5.63. The Labute approximate surface area is 73.4 Å². The second-order valence-corrected chi connectivity index (χ2v) is 2.52. The second-order valence-electron chi connectivity index (χ2n) is 2.11. The molecule has 0 radical (unpaired) electrons. The summed E-state index contributed by atoms with van der Waals surface area (Å²) in [5, 5.41) is 17.6. The number of carboxylic acid groups (broad SMARTS) is 1. The Morgan fingerprint density at radius 1 is 1.67 bits per heavy atom.